The highest BCUT2D eigenvalue weighted by Crippen LogP contribution is 2.22. The Morgan fingerprint density at radius 2 is 1.89 bits per heavy atom. The molecule has 1 fully saturated rings. The van der Waals surface area contributed by atoms with E-state index >= 15 is 0 Å². The molecular weight excluding hydrogens is 379 g/mol. The number of likely N-dealkylation sites (tertiary alicyclic amines) is 1. The first-order chi connectivity index (χ1) is 13.1. The van der Waals surface area contributed by atoms with Crippen LogP contribution in [0.4, 0.5) is 0 Å². The Morgan fingerprint density at radius 1 is 1.11 bits per heavy atom. The maximum Gasteiger partial charge on any atom is 0.224 e. The summed E-state index contributed by atoms with van der Waals surface area (Å²) in [5.41, 5.74) is 2.38. The second kappa shape index (κ2) is 10.1. The van der Waals surface area contributed by atoms with Gasteiger partial charge >= 0.3 is 0 Å². The number of hydrogen-bond donors (Lipinski definition) is 1. The van der Waals surface area contributed by atoms with Gasteiger partial charge in [0.1, 0.15) is 0 Å². The van der Waals surface area contributed by atoms with Gasteiger partial charge in [0.05, 0.1) is 5.92 Å². The van der Waals surface area contributed by atoms with Crippen LogP contribution in [0, 0.1) is 5.92 Å². The van der Waals surface area contributed by atoms with Crippen LogP contribution < -0.4 is 5.32 Å². The molecule has 1 saturated heterocycles. The molecule has 5 heteroatoms. The molecule has 0 aliphatic carbocycles. The molecule has 1 amide bonds. The number of carbonyl (C=O) groups excluding carboxylic acids is 1. The first kappa shape index (κ1) is 20.2. The largest absolute Gasteiger partial charge is 0.356 e. The van der Waals surface area contributed by atoms with E-state index in [1.165, 1.54) is 5.56 Å². The van der Waals surface area contributed by atoms with Crippen LogP contribution in [0.3, 0.4) is 0 Å². The van der Waals surface area contributed by atoms with Crippen LogP contribution >= 0.6 is 23.2 Å². The van der Waals surface area contributed by atoms with Gasteiger partial charge in [0, 0.05) is 29.7 Å². The van der Waals surface area contributed by atoms with E-state index in [1.807, 2.05) is 42.5 Å². The zero-order chi connectivity index (χ0) is 19.1. The SMILES string of the molecule is O=C(NCCCc1ccc(Cl)cc1)[C@@H]1CCCN(Cc2ccccc2Cl)C1. The van der Waals surface area contributed by atoms with Crippen molar-refractivity contribution in [1.82, 2.24) is 10.2 Å². The first-order valence-electron chi connectivity index (χ1n) is 9.60. The molecule has 3 rings (SSSR count). The van der Waals surface area contributed by atoms with E-state index in [0.29, 0.717) is 6.54 Å². The van der Waals surface area contributed by atoms with Gasteiger partial charge in [0.2, 0.25) is 5.91 Å². The molecule has 1 aliphatic rings. The Morgan fingerprint density at radius 3 is 2.67 bits per heavy atom. The van der Waals surface area contributed by atoms with Crippen molar-refractivity contribution in [3.63, 3.8) is 0 Å². The molecule has 0 saturated carbocycles. The fraction of sp³-hybridized carbons (Fsp3) is 0.409. The van der Waals surface area contributed by atoms with Gasteiger partial charge in [0.25, 0.3) is 0 Å². The van der Waals surface area contributed by atoms with Crippen LogP contribution in [0.15, 0.2) is 48.5 Å². The Kier molecular flexibility index (Phi) is 7.57. The Labute approximate surface area is 171 Å². The smallest absolute Gasteiger partial charge is 0.224 e. The van der Waals surface area contributed by atoms with E-state index in [9.17, 15) is 4.79 Å². The van der Waals surface area contributed by atoms with Crippen LogP contribution in [0.25, 0.3) is 0 Å². The third-order valence-electron chi connectivity index (χ3n) is 5.08. The molecule has 2 aromatic carbocycles. The van der Waals surface area contributed by atoms with Gasteiger partial charge in [-0.1, -0.05) is 53.5 Å². The van der Waals surface area contributed by atoms with E-state index in [-0.39, 0.29) is 11.8 Å². The molecule has 0 unspecified atom stereocenters. The number of nitrogens with zero attached hydrogens (tertiary/aromatic N) is 1. The number of benzene rings is 2. The maximum absolute atomic E-state index is 12.5. The number of nitrogens with one attached hydrogen (secondary N) is 1. The molecule has 144 valence electrons. The second-order valence-electron chi connectivity index (χ2n) is 7.19. The fourth-order valence-electron chi connectivity index (χ4n) is 3.58. The summed E-state index contributed by atoms with van der Waals surface area (Å²) in [6.45, 7) is 3.34. The van der Waals surface area contributed by atoms with Gasteiger partial charge in [-0.3, -0.25) is 9.69 Å². The first-order valence-corrected chi connectivity index (χ1v) is 10.4. The van der Waals surface area contributed by atoms with Crippen LogP contribution in [-0.4, -0.2) is 30.4 Å². The fourth-order valence-corrected chi connectivity index (χ4v) is 3.90. The zero-order valence-corrected chi connectivity index (χ0v) is 17.0. The zero-order valence-electron chi connectivity index (χ0n) is 15.5. The minimum Gasteiger partial charge on any atom is -0.356 e. The molecule has 1 N–H and O–H groups in total. The number of carbonyl (C=O) groups is 1. The Hall–Kier alpha value is -1.55. The molecule has 0 bridgehead atoms. The Balaban J connectivity index is 1.41. The van der Waals surface area contributed by atoms with Crippen molar-refractivity contribution in [2.24, 2.45) is 5.92 Å². The molecule has 3 nitrogen and oxygen atoms in total. The molecular formula is C22H26Cl2N2O. The van der Waals surface area contributed by atoms with Gasteiger partial charge in [-0.05, 0) is 61.6 Å². The van der Waals surface area contributed by atoms with E-state index in [4.69, 9.17) is 23.2 Å². The van der Waals surface area contributed by atoms with Crippen LogP contribution in [0.2, 0.25) is 10.0 Å². The summed E-state index contributed by atoms with van der Waals surface area (Å²) in [4.78, 5) is 14.9. The van der Waals surface area contributed by atoms with Crippen LogP contribution in [-0.2, 0) is 17.8 Å². The number of amides is 1. The number of piperidine rings is 1. The minimum atomic E-state index is 0.0665. The van der Waals surface area contributed by atoms with Gasteiger partial charge in [-0.25, -0.2) is 0 Å². The van der Waals surface area contributed by atoms with Crippen molar-refractivity contribution < 1.29 is 4.79 Å². The van der Waals surface area contributed by atoms with Crippen LogP contribution in [0.5, 0.6) is 0 Å². The summed E-state index contributed by atoms with van der Waals surface area (Å²) < 4.78 is 0. The summed E-state index contributed by atoms with van der Waals surface area (Å²) >= 11 is 12.2. The summed E-state index contributed by atoms with van der Waals surface area (Å²) in [7, 11) is 0. The van der Waals surface area contributed by atoms with Crippen molar-refractivity contribution in [2.75, 3.05) is 19.6 Å². The van der Waals surface area contributed by atoms with Crippen molar-refractivity contribution in [3.05, 3.63) is 69.7 Å². The highest BCUT2D eigenvalue weighted by molar-refractivity contribution is 6.31. The summed E-state index contributed by atoms with van der Waals surface area (Å²) in [5, 5.41) is 4.66. The average Bonchev–Trinajstić information content (AvgIpc) is 2.68. The molecule has 1 atom stereocenters. The lowest BCUT2D eigenvalue weighted by Gasteiger charge is -2.32. The predicted molar refractivity (Wildman–Crippen MR) is 112 cm³/mol. The lowest BCUT2D eigenvalue weighted by molar-refractivity contribution is -0.126. The lowest BCUT2D eigenvalue weighted by Crippen LogP contribution is -2.43. The third kappa shape index (κ3) is 6.24. The average molecular weight is 405 g/mol. The van der Waals surface area contributed by atoms with E-state index in [0.717, 1.165) is 60.9 Å². The van der Waals surface area contributed by atoms with Gasteiger partial charge in [0.15, 0.2) is 0 Å². The third-order valence-corrected chi connectivity index (χ3v) is 5.70. The Bertz CT molecular complexity index is 748. The minimum absolute atomic E-state index is 0.0665. The van der Waals surface area contributed by atoms with E-state index < -0.39 is 0 Å². The molecule has 2 aromatic rings. The number of rotatable bonds is 7. The van der Waals surface area contributed by atoms with E-state index in [1.54, 1.807) is 0 Å². The van der Waals surface area contributed by atoms with Gasteiger partial charge in [-0.2, -0.15) is 0 Å². The van der Waals surface area contributed by atoms with E-state index in [2.05, 4.69) is 16.3 Å². The number of halogens is 2. The van der Waals surface area contributed by atoms with Crippen molar-refractivity contribution in [1.29, 1.82) is 0 Å². The highest BCUT2D eigenvalue weighted by atomic mass is 35.5. The molecule has 0 spiro atoms. The number of aryl methyl sites for hydroxylation is 1. The topological polar surface area (TPSA) is 32.3 Å². The van der Waals surface area contributed by atoms with Gasteiger partial charge in [-0.15, -0.1) is 0 Å². The standard InChI is InChI=1S/C22H26Cl2N2O/c23-20-11-9-17(10-12-20)5-3-13-25-22(27)19-7-4-14-26(16-19)15-18-6-1-2-8-21(18)24/h1-2,6,8-12,19H,3-5,7,13-16H2,(H,25,27)/t19-/m1/s1. The van der Waals surface area contributed by atoms with Crippen molar-refractivity contribution in [2.45, 2.75) is 32.2 Å². The second-order valence-corrected chi connectivity index (χ2v) is 8.03. The van der Waals surface area contributed by atoms with Crippen molar-refractivity contribution >= 4 is 29.1 Å². The molecule has 0 radical (unpaired) electrons. The lowest BCUT2D eigenvalue weighted by atomic mass is 9.96. The molecule has 0 aromatic heterocycles. The summed E-state index contributed by atoms with van der Waals surface area (Å²) in [5.74, 6) is 0.242. The maximum atomic E-state index is 12.5. The van der Waals surface area contributed by atoms with Gasteiger partial charge < -0.3 is 5.32 Å². The molecule has 1 heterocycles. The predicted octanol–water partition coefficient (Wildman–Crippen LogP) is 4.95. The monoisotopic (exact) mass is 404 g/mol. The molecule has 1 aliphatic heterocycles. The summed E-state index contributed by atoms with van der Waals surface area (Å²) in [6, 6.07) is 15.8. The molecule has 27 heavy (non-hydrogen) atoms. The highest BCUT2D eigenvalue weighted by Gasteiger charge is 2.25. The number of hydrogen-bond acceptors (Lipinski definition) is 2. The van der Waals surface area contributed by atoms with Crippen molar-refractivity contribution in [3.8, 4) is 0 Å². The quantitative estimate of drug-likeness (QED) is 0.661. The normalized spacial score (nSPS) is 17.6. The summed E-state index contributed by atoms with van der Waals surface area (Å²) in [6.07, 6.45) is 3.89. The van der Waals surface area contributed by atoms with Crippen LogP contribution in [0.1, 0.15) is 30.4 Å².